The van der Waals surface area contributed by atoms with Crippen LogP contribution < -0.4 is 0 Å². The van der Waals surface area contributed by atoms with Gasteiger partial charge in [0, 0.05) is 37.0 Å². The number of aromatic nitrogens is 2. The summed E-state index contributed by atoms with van der Waals surface area (Å²) in [4.78, 5) is 15.8. The molecule has 7 nitrogen and oxygen atoms in total. The van der Waals surface area contributed by atoms with Crippen LogP contribution in [0, 0.1) is 11.8 Å². The van der Waals surface area contributed by atoms with Crippen LogP contribution in [0.1, 0.15) is 52.0 Å². The minimum absolute atomic E-state index is 0.0980. The quantitative estimate of drug-likeness (QED) is 0.155. The van der Waals surface area contributed by atoms with Gasteiger partial charge in [0.2, 0.25) is 10.0 Å². The van der Waals surface area contributed by atoms with Gasteiger partial charge in [0.1, 0.15) is 10.0 Å². The Hall–Kier alpha value is -2.79. The predicted octanol–water partition coefficient (Wildman–Crippen LogP) is 6.60. The molecular formula is C31H36N4O3S3. The van der Waals surface area contributed by atoms with Crippen LogP contribution >= 0.6 is 24.0 Å². The summed E-state index contributed by atoms with van der Waals surface area (Å²) in [6.07, 6.45) is 7.75. The first-order valence-electron chi connectivity index (χ1n) is 14.2. The molecule has 2 aliphatic heterocycles. The van der Waals surface area contributed by atoms with Gasteiger partial charge >= 0.3 is 0 Å². The average molecular weight is 609 g/mol. The molecule has 3 aromatic rings. The number of hydrogen-bond acceptors (Lipinski definition) is 6. The van der Waals surface area contributed by atoms with Gasteiger partial charge in [-0.15, -0.1) is 0 Å². The zero-order valence-electron chi connectivity index (χ0n) is 23.7. The van der Waals surface area contributed by atoms with Crippen molar-refractivity contribution >= 4 is 50.3 Å². The molecule has 1 aromatic heterocycles. The summed E-state index contributed by atoms with van der Waals surface area (Å²) in [5.41, 5.74) is 2.85. The van der Waals surface area contributed by atoms with Crippen molar-refractivity contribution in [3.05, 3.63) is 71.3 Å². The van der Waals surface area contributed by atoms with Gasteiger partial charge in [0.05, 0.1) is 15.5 Å². The summed E-state index contributed by atoms with van der Waals surface area (Å²) in [5, 5.41) is 4.87. The number of sulfonamides is 1. The van der Waals surface area contributed by atoms with Crippen LogP contribution in [0.2, 0.25) is 0 Å². The van der Waals surface area contributed by atoms with Crippen LogP contribution in [-0.4, -0.2) is 57.3 Å². The molecule has 2 aromatic carbocycles. The van der Waals surface area contributed by atoms with Crippen molar-refractivity contribution in [2.75, 3.05) is 19.6 Å². The molecule has 10 heteroatoms. The molecule has 2 aliphatic rings. The molecule has 1 amide bonds. The fourth-order valence-corrected chi connectivity index (χ4v) is 8.56. The number of hydrogen-bond donors (Lipinski definition) is 0. The van der Waals surface area contributed by atoms with Gasteiger partial charge in [-0.25, -0.2) is 13.1 Å². The standard InChI is InChI=1S/C31H36N4O3S3/c1-4-5-9-15-34-30(36)28(40-31(34)39)18-25-21-35(26-12-7-6-8-13-26)32-29(25)24-11-10-14-27(17-24)41(37,38)33-19-22(2)16-23(3)20-33/h6-8,10-14,17-18,21-23H,4-5,9,15-16,19-20H2,1-3H3/b28-18-. The van der Waals surface area contributed by atoms with E-state index in [0.29, 0.717) is 52.0 Å². The van der Waals surface area contributed by atoms with Crippen LogP contribution in [0.3, 0.4) is 0 Å². The Labute approximate surface area is 252 Å². The van der Waals surface area contributed by atoms with E-state index in [1.165, 1.54) is 11.8 Å². The molecule has 216 valence electrons. The lowest BCUT2D eigenvalue weighted by atomic mass is 9.94. The monoisotopic (exact) mass is 608 g/mol. The average Bonchev–Trinajstić information content (AvgIpc) is 3.49. The number of rotatable bonds is 9. The molecule has 5 rings (SSSR count). The Bertz CT molecular complexity index is 1560. The Morgan fingerprint density at radius 2 is 1.78 bits per heavy atom. The van der Waals surface area contributed by atoms with E-state index in [9.17, 15) is 13.2 Å². The third-order valence-electron chi connectivity index (χ3n) is 7.49. The third-order valence-corrected chi connectivity index (χ3v) is 10.7. The van der Waals surface area contributed by atoms with E-state index in [2.05, 4.69) is 20.8 Å². The minimum atomic E-state index is -3.67. The molecular weight excluding hydrogens is 573 g/mol. The molecule has 2 fully saturated rings. The molecule has 0 N–H and O–H groups in total. The molecule has 0 aliphatic carbocycles. The van der Waals surface area contributed by atoms with Gasteiger partial charge in [-0.2, -0.15) is 9.40 Å². The molecule has 0 radical (unpaired) electrons. The highest BCUT2D eigenvalue weighted by Gasteiger charge is 2.33. The molecule has 0 spiro atoms. The molecule has 2 unspecified atom stereocenters. The fourth-order valence-electron chi connectivity index (χ4n) is 5.54. The first kappa shape index (κ1) is 29.7. The highest BCUT2D eigenvalue weighted by atomic mass is 32.2. The molecule has 3 heterocycles. The van der Waals surface area contributed by atoms with Gasteiger partial charge in [-0.05, 0) is 55.0 Å². The first-order chi connectivity index (χ1) is 19.7. The van der Waals surface area contributed by atoms with Crippen LogP contribution in [0.5, 0.6) is 0 Å². The van der Waals surface area contributed by atoms with Gasteiger partial charge in [-0.1, -0.05) is 87.9 Å². The van der Waals surface area contributed by atoms with Gasteiger partial charge in [0.15, 0.2) is 0 Å². The van der Waals surface area contributed by atoms with Crippen molar-refractivity contribution in [1.29, 1.82) is 0 Å². The van der Waals surface area contributed by atoms with Gasteiger partial charge < -0.3 is 0 Å². The van der Waals surface area contributed by atoms with Crippen LogP contribution in [-0.2, 0) is 14.8 Å². The number of unbranched alkanes of at least 4 members (excludes halogenated alkanes) is 2. The van der Waals surface area contributed by atoms with Crippen molar-refractivity contribution in [3.8, 4) is 16.9 Å². The van der Waals surface area contributed by atoms with E-state index in [0.717, 1.165) is 36.9 Å². The summed E-state index contributed by atoms with van der Waals surface area (Å²) in [6, 6.07) is 16.7. The number of piperidine rings is 1. The number of thioether (sulfide) groups is 1. The Morgan fingerprint density at radius 3 is 2.49 bits per heavy atom. The van der Waals surface area contributed by atoms with E-state index in [-0.39, 0.29) is 10.8 Å². The summed E-state index contributed by atoms with van der Waals surface area (Å²) < 4.78 is 31.3. The summed E-state index contributed by atoms with van der Waals surface area (Å²) >= 11 is 6.84. The van der Waals surface area contributed by atoms with Crippen LogP contribution in [0.15, 0.2) is 70.6 Å². The number of para-hydroxylation sites is 1. The lowest BCUT2D eigenvalue weighted by Crippen LogP contribution is -2.42. The van der Waals surface area contributed by atoms with Crippen molar-refractivity contribution < 1.29 is 13.2 Å². The van der Waals surface area contributed by atoms with Crippen molar-refractivity contribution in [2.24, 2.45) is 11.8 Å². The van der Waals surface area contributed by atoms with E-state index in [1.807, 2.05) is 48.7 Å². The second kappa shape index (κ2) is 12.6. The maximum absolute atomic E-state index is 13.7. The number of thiocarbonyl (C=S) groups is 1. The topological polar surface area (TPSA) is 75.5 Å². The Kier molecular flexibility index (Phi) is 9.13. The number of carbonyl (C=O) groups is 1. The molecule has 41 heavy (non-hydrogen) atoms. The third kappa shape index (κ3) is 6.51. The summed E-state index contributed by atoms with van der Waals surface area (Å²) in [6.45, 7) is 7.98. The SMILES string of the molecule is CCCCCN1C(=O)/C(=C/c2cn(-c3ccccc3)nc2-c2cccc(S(=O)(=O)N3CC(C)CC(C)C3)c2)SC1=S. The van der Waals surface area contributed by atoms with Gasteiger partial charge in [-0.3, -0.25) is 9.69 Å². The molecule has 2 saturated heterocycles. The molecule has 2 atom stereocenters. The zero-order valence-corrected chi connectivity index (χ0v) is 26.1. The Balaban J connectivity index is 1.53. The maximum atomic E-state index is 13.7. The normalized spacial score (nSPS) is 21.2. The van der Waals surface area contributed by atoms with Crippen molar-refractivity contribution in [2.45, 2.75) is 51.3 Å². The second-order valence-electron chi connectivity index (χ2n) is 11.0. The lowest BCUT2D eigenvalue weighted by Gasteiger charge is -2.34. The number of amides is 1. The van der Waals surface area contributed by atoms with Crippen LogP contribution in [0.4, 0.5) is 0 Å². The van der Waals surface area contributed by atoms with E-state index in [1.54, 1.807) is 32.1 Å². The predicted molar refractivity (Wildman–Crippen MR) is 170 cm³/mol. The largest absolute Gasteiger partial charge is 0.293 e. The smallest absolute Gasteiger partial charge is 0.266 e. The number of benzene rings is 2. The molecule has 0 bridgehead atoms. The van der Waals surface area contributed by atoms with E-state index >= 15 is 0 Å². The minimum Gasteiger partial charge on any atom is -0.293 e. The van der Waals surface area contributed by atoms with Crippen molar-refractivity contribution in [1.82, 2.24) is 19.0 Å². The number of nitrogens with zero attached hydrogens (tertiary/aromatic N) is 4. The molecule has 0 saturated carbocycles. The first-order valence-corrected chi connectivity index (χ1v) is 16.8. The van der Waals surface area contributed by atoms with Crippen molar-refractivity contribution in [3.63, 3.8) is 0 Å². The fraction of sp³-hybridized carbons (Fsp3) is 0.387. The van der Waals surface area contributed by atoms with Crippen LogP contribution in [0.25, 0.3) is 23.0 Å². The lowest BCUT2D eigenvalue weighted by molar-refractivity contribution is -0.122. The highest BCUT2D eigenvalue weighted by Crippen LogP contribution is 2.36. The summed E-state index contributed by atoms with van der Waals surface area (Å²) in [5.74, 6) is 0.523. The van der Waals surface area contributed by atoms with E-state index < -0.39 is 10.0 Å². The second-order valence-corrected chi connectivity index (χ2v) is 14.7. The Morgan fingerprint density at radius 1 is 1.05 bits per heavy atom. The maximum Gasteiger partial charge on any atom is 0.266 e. The number of carbonyl (C=O) groups excluding carboxylic acids is 1. The highest BCUT2D eigenvalue weighted by molar-refractivity contribution is 8.26. The van der Waals surface area contributed by atoms with Gasteiger partial charge in [0.25, 0.3) is 5.91 Å². The zero-order chi connectivity index (χ0) is 29.1. The van der Waals surface area contributed by atoms with E-state index in [4.69, 9.17) is 17.3 Å². The summed E-state index contributed by atoms with van der Waals surface area (Å²) in [7, 11) is -3.67.